The van der Waals surface area contributed by atoms with E-state index in [0.717, 1.165) is 12.1 Å². The average molecular weight is 299 g/mol. The van der Waals surface area contributed by atoms with Crippen LogP contribution in [0.5, 0.6) is 0 Å². The van der Waals surface area contributed by atoms with E-state index in [1.165, 1.54) is 12.1 Å². The van der Waals surface area contributed by atoms with Crippen LogP contribution in [0.25, 0.3) is 0 Å². The minimum atomic E-state index is -3.68. The summed E-state index contributed by atoms with van der Waals surface area (Å²) < 4.78 is 22.3. The summed E-state index contributed by atoms with van der Waals surface area (Å²) in [5.41, 5.74) is 0.828. The van der Waals surface area contributed by atoms with E-state index in [4.69, 9.17) is 5.14 Å². The van der Waals surface area contributed by atoms with Gasteiger partial charge in [0, 0.05) is 13.0 Å². The van der Waals surface area contributed by atoms with E-state index in [1.807, 2.05) is 13.8 Å². The molecule has 0 aliphatic heterocycles. The molecule has 1 aromatic rings. The monoisotopic (exact) mass is 299 g/mol. The van der Waals surface area contributed by atoms with Crippen LogP contribution in [0.15, 0.2) is 29.2 Å². The van der Waals surface area contributed by atoms with E-state index in [2.05, 4.69) is 10.6 Å². The molecule has 0 spiro atoms. The summed E-state index contributed by atoms with van der Waals surface area (Å²) in [6.45, 7) is 5.29. The molecule has 20 heavy (non-hydrogen) atoms. The first kappa shape index (κ1) is 16.6. The zero-order valence-electron chi connectivity index (χ0n) is 11.7. The van der Waals surface area contributed by atoms with E-state index < -0.39 is 10.0 Å². The van der Waals surface area contributed by atoms with Crippen molar-refractivity contribution in [2.75, 3.05) is 13.1 Å². The lowest BCUT2D eigenvalue weighted by Crippen LogP contribution is -2.29. The molecule has 0 aliphatic rings. The highest BCUT2D eigenvalue weighted by atomic mass is 32.2. The van der Waals surface area contributed by atoms with Gasteiger partial charge in [0.05, 0.1) is 10.9 Å². The van der Waals surface area contributed by atoms with Crippen molar-refractivity contribution in [1.82, 2.24) is 10.6 Å². The van der Waals surface area contributed by atoms with E-state index >= 15 is 0 Å². The molecule has 1 unspecified atom stereocenters. The Balaban J connectivity index is 2.60. The minimum Gasteiger partial charge on any atom is -0.350 e. The highest BCUT2D eigenvalue weighted by molar-refractivity contribution is 7.89. The second-order valence-corrected chi connectivity index (χ2v) is 6.07. The van der Waals surface area contributed by atoms with Gasteiger partial charge in [0.1, 0.15) is 0 Å². The summed E-state index contributed by atoms with van der Waals surface area (Å²) in [5.74, 6) is -0.0472. The number of nitrogens with one attached hydrogen (secondary N) is 2. The van der Waals surface area contributed by atoms with Crippen LogP contribution in [0, 0.1) is 0 Å². The van der Waals surface area contributed by atoms with Crippen molar-refractivity contribution in [2.45, 2.75) is 31.2 Å². The highest BCUT2D eigenvalue weighted by Crippen LogP contribution is 2.15. The van der Waals surface area contributed by atoms with Crippen LogP contribution in [-0.2, 0) is 14.8 Å². The van der Waals surface area contributed by atoms with E-state index in [9.17, 15) is 13.2 Å². The van der Waals surface area contributed by atoms with Crippen LogP contribution in [0.1, 0.15) is 31.9 Å². The fraction of sp³-hybridized carbons (Fsp3) is 0.462. The molecule has 0 radical (unpaired) electrons. The summed E-state index contributed by atoms with van der Waals surface area (Å²) in [6.07, 6.45) is 0.410. The number of sulfonamides is 1. The van der Waals surface area contributed by atoms with Gasteiger partial charge in [-0.25, -0.2) is 13.6 Å². The van der Waals surface area contributed by atoms with Crippen LogP contribution in [-0.4, -0.2) is 27.4 Å². The lowest BCUT2D eigenvalue weighted by Gasteiger charge is -2.14. The zero-order valence-corrected chi connectivity index (χ0v) is 12.5. The predicted octanol–water partition coefficient (Wildman–Crippen LogP) is 0.511. The molecule has 6 nitrogen and oxygen atoms in total. The second kappa shape index (κ2) is 7.37. The first-order valence-electron chi connectivity index (χ1n) is 6.47. The molecule has 4 N–H and O–H groups in total. The Morgan fingerprint density at radius 1 is 1.30 bits per heavy atom. The van der Waals surface area contributed by atoms with Crippen LogP contribution >= 0.6 is 0 Å². The van der Waals surface area contributed by atoms with Crippen molar-refractivity contribution in [3.8, 4) is 0 Å². The molecule has 1 rings (SSSR count). The maximum Gasteiger partial charge on any atom is 0.238 e. The lowest BCUT2D eigenvalue weighted by molar-refractivity contribution is -0.121. The van der Waals surface area contributed by atoms with Gasteiger partial charge in [-0.1, -0.05) is 19.1 Å². The van der Waals surface area contributed by atoms with Gasteiger partial charge in [0.15, 0.2) is 0 Å². The number of amides is 1. The van der Waals surface area contributed by atoms with E-state index in [1.54, 1.807) is 12.1 Å². The molecule has 0 heterocycles. The fourth-order valence-corrected chi connectivity index (χ4v) is 2.24. The molecule has 0 bridgehead atoms. The predicted molar refractivity (Wildman–Crippen MR) is 77.5 cm³/mol. The number of rotatable bonds is 7. The smallest absolute Gasteiger partial charge is 0.238 e. The van der Waals surface area contributed by atoms with Crippen molar-refractivity contribution in [3.05, 3.63) is 29.8 Å². The maximum atomic E-state index is 11.7. The van der Waals surface area contributed by atoms with E-state index in [0.29, 0.717) is 13.0 Å². The number of primary sulfonamides is 1. The Morgan fingerprint density at radius 3 is 2.40 bits per heavy atom. The van der Waals surface area contributed by atoms with Gasteiger partial charge in [-0.05, 0) is 31.2 Å². The summed E-state index contributed by atoms with van der Waals surface area (Å²) >= 11 is 0. The Kier molecular flexibility index (Phi) is 6.12. The molecule has 7 heteroatoms. The molecule has 1 amide bonds. The molecule has 112 valence electrons. The van der Waals surface area contributed by atoms with Gasteiger partial charge in [0.2, 0.25) is 15.9 Å². The number of benzene rings is 1. The van der Waals surface area contributed by atoms with Crippen molar-refractivity contribution < 1.29 is 13.2 Å². The molecule has 0 saturated carbocycles. The van der Waals surface area contributed by atoms with Gasteiger partial charge in [-0.3, -0.25) is 4.79 Å². The Morgan fingerprint density at radius 2 is 1.90 bits per heavy atom. The van der Waals surface area contributed by atoms with Crippen molar-refractivity contribution in [1.29, 1.82) is 0 Å². The van der Waals surface area contributed by atoms with Gasteiger partial charge in [-0.2, -0.15) is 0 Å². The third kappa shape index (κ3) is 5.28. The summed E-state index contributed by atoms with van der Waals surface area (Å²) in [5, 5.41) is 11.0. The van der Waals surface area contributed by atoms with Gasteiger partial charge >= 0.3 is 0 Å². The standard InChI is InChI=1S/C13H21N3O3S/c1-3-15-9-8-13(17)16-10(2)11-4-6-12(7-5-11)20(14,18)19/h4-7,10,15H,3,8-9H2,1-2H3,(H,16,17)(H2,14,18,19). The lowest BCUT2D eigenvalue weighted by atomic mass is 10.1. The number of hydrogen-bond donors (Lipinski definition) is 3. The average Bonchev–Trinajstić information content (AvgIpc) is 2.38. The first-order valence-corrected chi connectivity index (χ1v) is 8.02. The highest BCUT2D eigenvalue weighted by Gasteiger charge is 2.11. The number of carbonyl (C=O) groups is 1. The molecule has 0 saturated heterocycles. The zero-order chi connectivity index (χ0) is 15.2. The maximum absolute atomic E-state index is 11.7. The number of carbonyl (C=O) groups excluding carboxylic acids is 1. The largest absolute Gasteiger partial charge is 0.350 e. The Bertz CT molecular complexity index is 540. The van der Waals surface area contributed by atoms with Gasteiger partial charge < -0.3 is 10.6 Å². The molecule has 0 aliphatic carbocycles. The van der Waals surface area contributed by atoms with Crippen LogP contribution < -0.4 is 15.8 Å². The third-order valence-electron chi connectivity index (χ3n) is 2.86. The molecular weight excluding hydrogens is 278 g/mol. The number of hydrogen-bond acceptors (Lipinski definition) is 4. The molecule has 0 aromatic heterocycles. The third-order valence-corrected chi connectivity index (χ3v) is 3.79. The minimum absolute atomic E-state index is 0.0472. The van der Waals surface area contributed by atoms with E-state index in [-0.39, 0.29) is 16.8 Å². The van der Waals surface area contributed by atoms with Gasteiger partial charge in [0.25, 0.3) is 0 Å². The molecular formula is C13H21N3O3S. The second-order valence-electron chi connectivity index (χ2n) is 4.51. The number of nitrogens with two attached hydrogens (primary N) is 1. The van der Waals surface area contributed by atoms with Crippen LogP contribution in [0.3, 0.4) is 0 Å². The Labute approximate surface area is 119 Å². The van der Waals surface area contributed by atoms with Gasteiger partial charge in [-0.15, -0.1) is 0 Å². The quantitative estimate of drug-likeness (QED) is 0.638. The van der Waals surface area contributed by atoms with Crippen LogP contribution in [0.4, 0.5) is 0 Å². The van der Waals surface area contributed by atoms with Crippen molar-refractivity contribution in [3.63, 3.8) is 0 Å². The summed E-state index contributed by atoms with van der Waals surface area (Å²) in [7, 11) is -3.68. The first-order chi connectivity index (χ1) is 9.34. The normalized spacial score (nSPS) is 12.9. The molecule has 1 atom stereocenters. The van der Waals surface area contributed by atoms with Crippen molar-refractivity contribution in [2.24, 2.45) is 5.14 Å². The Hall–Kier alpha value is -1.44. The SMILES string of the molecule is CCNCCC(=O)NC(C)c1ccc(S(N)(=O)=O)cc1. The summed E-state index contributed by atoms with van der Waals surface area (Å²) in [6, 6.07) is 5.99. The molecule has 1 aromatic carbocycles. The van der Waals surface area contributed by atoms with Crippen molar-refractivity contribution >= 4 is 15.9 Å². The molecule has 0 fully saturated rings. The summed E-state index contributed by atoms with van der Waals surface area (Å²) in [4.78, 5) is 11.7. The fourth-order valence-electron chi connectivity index (χ4n) is 1.72. The topological polar surface area (TPSA) is 101 Å². The van der Waals surface area contributed by atoms with Crippen LogP contribution in [0.2, 0.25) is 0 Å².